The largest absolute Gasteiger partial charge is 0.385 e. The molecule has 0 saturated heterocycles. The lowest BCUT2D eigenvalue weighted by molar-refractivity contribution is 0.235. The first kappa shape index (κ1) is 24.2. The maximum absolute atomic E-state index is 9.86. The van der Waals surface area contributed by atoms with Gasteiger partial charge in [0.05, 0.1) is 6.54 Å². The van der Waals surface area contributed by atoms with Crippen molar-refractivity contribution in [2.24, 2.45) is 4.99 Å². The molecule has 3 nitrogen and oxygen atoms in total. The number of aliphatic hydroxyl groups is 1. The highest BCUT2D eigenvalue weighted by Gasteiger charge is 2.25. The minimum absolute atomic E-state index is 0.387. The molecule has 2 atom stereocenters. The van der Waals surface area contributed by atoms with E-state index >= 15 is 0 Å². The fraction of sp³-hybridized carbons (Fsp3) is 0.875. The van der Waals surface area contributed by atoms with Crippen molar-refractivity contribution >= 4 is 5.84 Å². The van der Waals surface area contributed by atoms with Gasteiger partial charge in [-0.15, -0.1) is 0 Å². The van der Waals surface area contributed by atoms with Crippen molar-refractivity contribution in [3.8, 4) is 0 Å². The molecule has 0 saturated carbocycles. The second-order valence-corrected chi connectivity index (χ2v) is 8.19. The van der Waals surface area contributed by atoms with Gasteiger partial charge in [-0.3, -0.25) is 4.99 Å². The Hall–Kier alpha value is -0.830. The van der Waals surface area contributed by atoms with Crippen LogP contribution in [0.1, 0.15) is 111 Å². The standard InChI is InChI=1S/C24H46N2O/c1-4-6-7-8-9-10-11-12-13-14-15-16-17-18-19-23(5-2)26-21-20-25-24(26)22(3)27/h18-19,22-23,27H,4-17,20-21H2,1-3H3. The molecule has 0 spiro atoms. The Morgan fingerprint density at radius 1 is 0.926 bits per heavy atom. The molecule has 1 aliphatic rings. The van der Waals surface area contributed by atoms with Gasteiger partial charge < -0.3 is 10.0 Å². The Labute approximate surface area is 169 Å². The number of unbranched alkanes of at least 4 members (excludes halogenated alkanes) is 12. The van der Waals surface area contributed by atoms with Crippen LogP contribution in [0.5, 0.6) is 0 Å². The molecule has 0 aromatic heterocycles. The van der Waals surface area contributed by atoms with Gasteiger partial charge in [0, 0.05) is 12.6 Å². The van der Waals surface area contributed by atoms with Crippen molar-refractivity contribution in [1.82, 2.24) is 4.90 Å². The summed E-state index contributed by atoms with van der Waals surface area (Å²) in [5, 5.41) is 9.86. The average molecular weight is 379 g/mol. The number of aliphatic hydroxyl groups excluding tert-OH is 1. The fourth-order valence-corrected chi connectivity index (χ4v) is 4.00. The van der Waals surface area contributed by atoms with E-state index in [1.807, 2.05) is 6.92 Å². The summed E-state index contributed by atoms with van der Waals surface area (Å²) in [5.41, 5.74) is 0. The SMILES string of the molecule is CCCCCCCCCCCCCCC=CC(CC)N1CCN=C1C(C)O. The van der Waals surface area contributed by atoms with Gasteiger partial charge >= 0.3 is 0 Å². The summed E-state index contributed by atoms with van der Waals surface area (Å²) in [6.45, 7) is 8.09. The maximum Gasteiger partial charge on any atom is 0.128 e. The molecule has 158 valence electrons. The van der Waals surface area contributed by atoms with Crippen LogP contribution in [-0.4, -0.2) is 41.1 Å². The Morgan fingerprint density at radius 2 is 1.48 bits per heavy atom. The minimum atomic E-state index is -0.453. The molecule has 27 heavy (non-hydrogen) atoms. The zero-order valence-electron chi connectivity index (χ0n) is 18.5. The summed E-state index contributed by atoms with van der Waals surface area (Å²) >= 11 is 0. The number of hydrogen-bond donors (Lipinski definition) is 1. The number of hydrogen-bond acceptors (Lipinski definition) is 3. The molecule has 0 bridgehead atoms. The molecule has 0 aromatic carbocycles. The second kappa shape index (κ2) is 16.2. The molecule has 3 heteroatoms. The van der Waals surface area contributed by atoms with Gasteiger partial charge in [0.25, 0.3) is 0 Å². The lowest BCUT2D eigenvalue weighted by Gasteiger charge is -2.29. The van der Waals surface area contributed by atoms with Crippen molar-refractivity contribution in [2.75, 3.05) is 13.1 Å². The van der Waals surface area contributed by atoms with E-state index < -0.39 is 6.10 Å². The molecule has 1 N–H and O–H groups in total. The van der Waals surface area contributed by atoms with Crippen LogP contribution in [-0.2, 0) is 0 Å². The van der Waals surface area contributed by atoms with Crippen molar-refractivity contribution in [3.63, 3.8) is 0 Å². The predicted molar refractivity (Wildman–Crippen MR) is 120 cm³/mol. The van der Waals surface area contributed by atoms with E-state index in [1.165, 1.54) is 83.5 Å². The number of aliphatic imine (C=N–C) groups is 1. The van der Waals surface area contributed by atoms with Crippen LogP contribution in [0.4, 0.5) is 0 Å². The first-order valence-electron chi connectivity index (χ1n) is 11.9. The number of amidine groups is 1. The topological polar surface area (TPSA) is 35.8 Å². The molecular formula is C24H46N2O. The van der Waals surface area contributed by atoms with Gasteiger partial charge in [-0.1, -0.05) is 96.6 Å². The maximum atomic E-state index is 9.86. The van der Waals surface area contributed by atoms with Gasteiger partial charge in [-0.25, -0.2) is 0 Å². The molecule has 0 aliphatic carbocycles. The Balaban J connectivity index is 2.00. The van der Waals surface area contributed by atoms with Crippen molar-refractivity contribution < 1.29 is 5.11 Å². The van der Waals surface area contributed by atoms with E-state index in [0.717, 1.165) is 25.3 Å². The third kappa shape index (κ3) is 10.9. The van der Waals surface area contributed by atoms with Crippen LogP contribution < -0.4 is 0 Å². The summed E-state index contributed by atoms with van der Waals surface area (Å²) in [5.74, 6) is 0.872. The molecule has 1 aliphatic heterocycles. The first-order valence-corrected chi connectivity index (χ1v) is 11.9. The summed E-state index contributed by atoms with van der Waals surface area (Å²) < 4.78 is 0. The summed E-state index contributed by atoms with van der Waals surface area (Å²) in [6, 6.07) is 0.387. The third-order valence-electron chi connectivity index (χ3n) is 5.68. The van der Waals surface area contributed by atoms with Crippen LogP contribution in [0.3, 0.4) is 0 Å². The molecule has 1 rings (SSSR count). The van der Waals surface area contributed by atoms with E-state index in [0.29, 0.717) is 6.04 Å². The van der Waals surface area contributed by atoms with Crippen molar-refractivity contribution in [1.29, 1.82) is 0 Å². The summed E-state index contributed by atoms with van der Waals surface area (Å²) in [7, 11) is 0. The minimum Gasteiger partial charge on any atom is -0.385 e. The van der Waals surface area contributed by atoms with Gasteiger partial charge in [0.1, 0.15) is 11.9 Å². The predicted octanol–water partition coefficient (Wildman–Crippen LogP) is 6.51. The van der Waals surface area contributed by atoms with E-state index in [1.54, 1.807) is 0 Å². The van der Waals surface area contributed by atoms with Gasteiger partial charge in [-0.2, -0.15) is 0 Å². The van der Waals surface area contributed by atoms with Gasteiger partial charge in [0.15, 0.2) is 0 Å². The number of allylic oxidation sites excluding steroid dienone is 1. The molecule has 1 heterocycles. The second-order valence-electron chi connectivity index (χ2n) is 8.19. The Bertz CT molecular complexity index is 403. The average Bonchev–Trinajstić information content (AvgIpc) is 3.15. The van der Waals surface area contributed by atoms with Crippen LogP contribution in [0.15, 0.2) is 17.1 Å². The van der Waals surface area contributed by atoms with Crippen molar-refractivity contribution in [3.05, 3.63) is 12.2 Å². The normalized spacial score (nSPS) is 16.9. The smallest absolute Gasteiger partial charge is 0.128 e. The Morgan fingerprint density at radius 3 is 2.00 bits per heavy atom. The van der Waals surface area contributed by atoms with Gasteiger partial charge in [0.2, 0.25) is 0 Å². The molecular weight excluding hydrogens is 332 g/mol. The zero-order valence-corrected chi connectivity index (χ0v) is 18.5. The summed E-state index contributed by atoms with van der Waals surface area (Å²) in [6.07, 6.45) is 23.4. The van der Waals surface area contributed by atoms with Crippen LogP contribution in [0.25, 0.3) is 0 Å². The molecule has 0 aromatic rings. The molecule has 0 radical (unpaired) electrons. The van der Waals surface area contributed by atoms with Gasteiger partial charge in [-0.05, 0) is 26.2 Å². The van der Waals surface area contributed by atoms with Crippen LogP contribution in [0.2, 0.25) is 0 Å². The molecule has 2 unspecified atom stereocenters. The van der Waals surface area contributed by atoms with E-state index in [-0.39, 0.29) is 0 Å². The fourth-order valence-electron chi connectivity index (χ4n) is 4.00. The summed E-state index contributed by atoms with van der Waals surface area (Å²) in [4.78, 5) is 6.74. The highest BCUT2D eigenvalue weighted by molar-refractivity contribution is 5.87. The Kier molecular flexibility index (Phi) is 14.5. The molecule has 0 amide bonds. The third-order valence-corrected chi connectivity index (χ3v) is 5.68. The van der Waals surface area contributed by atoms with E-state index in [9.17, 15) is 5.11 Å². The van der Waals surface area contributed by atoms with Crippen molar-refractivity contribution in [2.45, 2.75) is 123 Å². The van der Waals surface area contributed by atoms with E-state index in [2.05, 4.69) is 35.9 Å². The lowest BCUT2D eigenvalue weighted by Crippen LogP contribution is -2.41. The monoisotopic (exact) mass is 378 g/mol. The first-order chi connectivity index (χ1) is 13.2. The van der Waals surface area contributed by atoms with E-state index in [4.69, 9.17) is 0 Å². The van der Waals surface area contributed by atoms with Crippen LogP contribution in [0, 0.1) is 0 Å². The molecule has 0 fully saturated rings. The highest BCUT2D eigenvalue weighted by atomic mass is 16.3. The zero-order chi connectivity index (χ0) is 19.7. The number of rotatable bonds is 17. The quantitative estimate of drug-likeness (QED) is 0.231. The van der Waals surface area contributed by atoms with Crippen LogP contribution >= 0.6 is 0 Å². The lowest BCUT2D eigenvalue weighted by atomic mass is 10.0. The number of nitrogens with zero attached hydrogens (tertiary/aromatic N) is 2. The highest BCUT2D eigenvalue weighted by Crippen LogP contribution is 2.16.